The molecule has 1 aliphatic heterocycles. The Morgan fingerprint density at radius 2 is 1.28 bits per heavy atom. The first-order valence-corrected chi connectivity index (χ1v) is 21.4. The number of allylic oxidation sites excluding steroid dienone is 10. The predicted octanol–water partition coefficient (Wildman–Crippen LogP) is 7.40. The van der Waals surface area contributed by atoms with Crippen molar-refractivity contribution in [3.8, 4) is 0 Å². The Labute approximate surface area is 325 Å². The first kappa shape index (κ1) is 49.8. The van der Waals surface area contributed by atoms with Gasteiger partial charge in [0.15, 0.2) is 6.29 Å². The highest BCUT2D eigenvalue weighted by molar-refractivity contribution is 7.80. The van der Waals surface area contributed by atoms with E-state index in [2.05, 4.69) is 78.8 Å². The van der Waals surface area contributed by atoms with Gasteiger partial charge in [-0.15, -0.1) is 0 Å². The fourth-order valence-corrected chi connectivity index (χ4v) is 6.15. The van der Waals surface area contributed by atoms with Crippen LogP contribution in [0.1, 0.15) is 129 Å². The van der Waals surface area contributed by atoms with Gasteiger partial charge in [0.2, 0.25) is 0 Å². The van der Waals surface area contributed by atoms with E-state index >= 15 is 0 Å². The summed E-state index contributed by atoms with van der Waals surface area (Å²) in [4.78, 5) is 12.7. The lowest BCUT2D eigenvalue weighted by Gasteiger charge is -2.41. The van der Waals surface area contributed by atoms with E-state index in [1.165, 1.54) is 19.3 Å². The number of unbranched alkanes of at least 4 members (excludes halogenated alkanes) is 10. The predicted molar refractivity (Wildman–Crippen MR) is 211 cm³/mol. The summed E-state index contributed by atoms with van der Waals surface area (Å²) in [5.41, 5.74) is 0. The second-order valence-corrected chi connectivity index (χ2v) is 14.5. The Morgan fingerprint density at radius 1 is 0.722 bits per heavy atom. The topological polar surface area (TPSA) is 178 Å². The molecule has 1 fully saturated rings. The Bertz CT molecular complexity index is 1180. The zero-order chi connectivity index (χ0) is 39.7. The number of esters is 1. The van der Waals surface area contributed by atoms with Crippen LogP contribution in [0.15, 0.2) is 60.8 Å². The third kappa shape index (κ3) is 26.6. The molecule has 0 amide bonds. The smallest absolute Gasteiger partial charge is 0.397 e. The molecule has 0 spiro atoms. The van der Waals surface area contributed by atoms with Crippen LogP contribution in [0.5, 0.6) is 0 Å². The van der Waals surface area contributed by atoms with E-state index in [9.17, 15) is 28.5 Å². The molecule has 4 N–H and O–H groups in total. The number of aliphatic hydroxyl groups is 3. The lowest BCUT2D eigenvalue weighted by atomic mass is 9.99. The van der Waals surface area contributed by atoms with Crippen molar-refractivity contribution in [1.82, 2.24) is 0 Å². The van der Waals surface area contributed by atoms with Crippen LogP contribution in [-0.4, -0.2) is 97.5 Å². The summed E-state index contributed by atoms with van der Waals surface area (Å²) in [5, 5.41) is 30.5. The molecule has 1 saturated heterocycles. The SMILES string of the molecule is CC/C=C\C/C=C\C/C=C\C/C=C\C/C=C\CCCCCCOCC(COC1OC(CO)C(O)C(OS(=O)(=O)O)C1O)OC(=O)CCCCCCCCC. The summed E-state index contributed by atoms with van der Waals surface area (Å²) >= 11 is 0. The Hall–Kier alpha value is -2.20. The minimum absolute atomic E-state index is 0.0165. The minimum Gasteiger partial charge on any atom is -0.457 e. The molecule has 12 nitrogen and oxygen atoms in total. The van der Waals surface area contributed by atoms with E-state index < -0.39 is 59.8 Å². The number of rotatable bonds is 33. The molecular formula is C41H70O12S. The van der Waals surface area contributed by atoms with Crippen molar-refractivity contribution in [3.05, 3.63) is 60.8 Å². The van der Waals surface area contributed by atoms with Gasteiger partial charge < -0.3 is 34.3 Å². The van der Waals surface area contributed by atoms with Crippen LogP contribution in [0.25, 0.3) is 0 Å². The van der Waals surface area contributed by atoms with Gasteiger partial charge in [-0.25, -0.2) is 4.18 Å². The fourth-order valence-electron chi connectivity index (χ4n) is 5.64. The summed E-state index contributed by atoms with van der Waals surface area (Å²) in [6.07, 6.45) is 30.0. The third-order valence-corrected chi connectivity index (χ3v) is 9.12. The molecule has 0 aliphatic carbocycles. The highest BCUT2D eigenvalue weighted by Crippen LogP contribution is 2.26. The number of hydrogen-bond acceptors (Lipinski definition) is 11. The number of carbonyl (C=O) groups excluding carboxylic acids is 1. The summed E-state index contributed by atoms with van der Waals surface area (Å²) in [5.74, 6) is -0.419. The van der Waals surface area contributed by atoms with Crippen LogP contribution in [0, 0.1) is 0 Å². The highest BCUT2D eigenvalue weighted by Gasteiger charge is 2.48. The largest absolute Gasteiger partial charge is 0.457 e. The lowest BCUT2D eigenvalue weighted by molar-refractivity contribution is -0.301. The molecular weight excluding hydrogens is 717 g/mol. The van der Waals surface area contributed by atoms with Crippen molar-refractivity contribution in [1.29, 1.82) is 0 Å². The van der Waals surface area contributed by atoms with E-state index in [1.807, 2.05) is 0 Å². The first-order valence-electron chi connectivity index (χ1n) is 20.0. The summed E-state index contributed by atoms with van der Waals surface area (Å²) in [6.45, 7) is 3.73. The first-order chi connectivity index (χ1) is 26.1. The monoisotopic (exact) mass is 786 g/mol. The van der Waals surface area contributed by atoms with Crippen LogP contribution >= 0.6 is 0 Å². The molecule has 0 aromatic rings. The number of hydrogen-bond donors (Lipinski definition) is 4. The summed E-state index contributed by atoms with van der Waals surface area (Å²) < 4.78 is 58.7. The second kappa shape index (κ2) is 33.0. The van der Waals surface area contributed by atoms with Crippen LogP contribution < -0.4 is 0 Å². The summed E-state index contributed by atoms with van der Waals surface area (Å²) in [7, 11) is -5.06. The van der Waals surface area contributed by atoms with Crippen molar-refractivity contribution in [2.45, 2.75) is 166 Å². The number of ether oxygens (including phenoxy) is 4. The minimum atomic E-state index is -5.06. The molecule has 0 bridgehead atoms. The van der Waals surface area contributed by atoms with Crippen LogP contribution in [-0.2, 0) is 38.3 Å². The number of aliphatic hydroxyl groups excluding tert-OH is 3. The zero-order valence-electron chi connectivity index (χ0n) is 32.8. The lowest BCUT2D eigenvalue weighted by Crippen LogP contribution is -2.60. The molecule has 312 valence electrons. The summed E-state index contributed by atoms with van der Waals surface area (Å²) in [6, 6.07) is 0. The maximum Gasteiger partial charge on any atom is 0.397 e. The van der Waals surface area contributed by atoms with Gasteiger partial charge in [-0.3, -0.25) is 9.35 Å². The highest BCUT2D eigenvalue weighted by atomic mass is 32.3. The molecule has 1 rings (SSSR count). The quantitative estimate of drug-likeness (QED) is 0.0225. The molecule has 0 saturated carbocycles. The molecule has 0 aromatic carbocycles. The Kier molecular flexibility index (Phi) is 30.4. The molecule has 13 heteroatoms. The average molecular weight is 787 g/mol. The zero-order valence-corrected chi connectivity index (χ0v) is 33.6. The van der Waals surface area contributed by atoms with Gasteiger partial charge in [-0.2, -0.15) is 8.42 Å². The van der Waals surface area contributed by atoms with Gasteiger partial charge in [-0.05, 0) is 57.8 Å². The molecule has 6 unspecified atom stereocenters. The van der Waals surface area contributed by atoms with Crippen molar-refractivity contribution in [2.75, 3.05) is 26.4 Å². The van der Waals surface area contributed by atoms with Gasteiger partial charge in [0.1, 0.15) is 30.5 Å². The van der Waals surface area contributed by atoms with Gasteiger partial charge in [0, 0.05) is 13.0 Å². The van der Waals surface area contributed by atoms with Crippen LogP contribution in [0.3, 0.4) is 0 Å². The Morgan fingerprint density at radius 3 is 1.87 bits per heavy atom. The molecule has 0 radical (unpaired) electrons. The average Bonchev–Trinajstić information content (AvgIpc) is 3.14. The van der Waals surface area contributed by atoms with Crippen molar-refractivity contribution in [2.24, 2.45) is 0 Å². The van der Waals surface area contributed by atoms with E-state index in [1.54, 1.807) is 0 Å². The van der Waals surface area contributed by atoms with Gasteiger partial charge in [0.05, 0.1) is 19.8 Å². The maximum absolute atomic E-state index is 12.7. The number of carbonyl (C=O) groups is 1. The van der Waals surface area contributed by atoms with Crippen molar-refractivity contribution < 1.29 is 56.2 Å². The van der Waals surface area contributed by atoms with E-state index in [4.69, 9.17) is 23.5 Å². The van der Waals surface area contributed by atoms with E-state index in [0.29, 0.717) is 13.0 Å². The van der Waals surface area contributed by atoms with E-state index in [-0.39, 0.29) is 19.6 Å². The molecule has 6 atom stereocenters. The van der Waals surface area contributed by atoms with Crippen molar-refractivity contribution in [3.63, 3.8) is 0 Å². The van der Waals surface area contributed by atoms with Crippen LogP contribution in [0.2, 0.25) is 0 Å². The van der Waals surface area contributed by atoms with Gasteiger partial charge >= 0.3 is 16.4 Å². The molecule has 1 heterocycles. The second-order valence-electron chi connectivity index (χ2n) is 13.5. The molecule has 0 aromatic heterocycles. The maximum atomic E-state index is 12.7. The van der Waals surface area contributed by atoms with Crippen LogP contribution in [0.4, 0.5) is 0 Å². The van der Waals surface area contributed by atoms with Crippen molar-refractivity contribution >= 4 is 16.4 Å². The Balaban J connectivity index is 2.43. The van der Waals surface area contributed by atoms with Gasteiger partial charge in [0.25, 0.3) is 0 Å². The third-order valence-electron chi connectivity index (χ3n) is 8.65. The van der Waals surface area contributed by atoms with E-state index in [0.717, 1.165) is 83.5 Å². The molecule has 54 heavy (non-hydrogen) atoms. The normalized spacial score (nSPS) is 21.8. The fraction of sp³-hybridized carbons (Fsp3) is 0.732. The standard InChI is InChI=1S/C41H70O12S/c1-3-5-7-9-11-12-13-14-15-16-17-18-19-20-21-22-23-25-27-29-31-49-33-35(51-37(43)30-28-26-24-10-8-6-4-2)34-50-41-39(45)40(53-54(46,47)48)38(44)36(32-42)52-41/h5,7,11-12,14-15,17-18,20-21,35-36,38-42,44-45H,3-4,6,8-10,13,16,19,22-34H2,1-2H3,(H,46,47,48)/b7-5-,12-11-,15-14-,18-17-,21-20-. The van der Waals surface area contributed by atoms with Gasteiger partial charge in [-0.1, -0.05) is 126 Å². The molecule has 1 aliphatic rings.